The molecule has 1 saturated carbocycles. The maximum atomic E-state index is 11.9. The van der Waals surface area contributed by atoms with Crippen LogP contribution in [-0.4, -0.2) is 50.9 Å². The lowest BCUT2D eigenvalue weighted by Crippen LogP contribution is -2.51. The van der Waals surface area contributed by atoms with Gasteiger partial charge in [0.15, 0.2) is 0 Å². The van der Waals surface area contributed by atoms with Crippen LogP contribution in [-0.2, 0) is 16.1 Å². The van der Waals surface area contributed by atoms with Gasteiger partial charge in [0.1, 0.15) is 6.10 Å². The van der Waals surface area contributed by atoms with Crippen LogP contribution in [0.5, 0.6) is 0 Å². The summed E-state index contributed by atoms with van der Waals surface area (Å²) in [6.07, 6.45) is 6.30. The second kappa shape index (κ2) is 7.61. The lowest BCUT2D eigenvalue weighted by molar-refractivity contribution is -0.129. The fraction of sp³-hybridized carbons (Fsp3) is 0.824. The highest BCUT2D eigenvalue weighted by atomic mass is 16.5. The van der Waals surface area contributed by atoms with Crippen molar-refractivity contribution in [3.05, 3.63) is 11.9 Å². The van der Waals surface area contributed by atoms with Crippen molar-refractivity contribution >= 4 is 5.91 Å². The van der Waals surface area contributed by atoms with E-state index in [1.807, 2.05) is 10.9 Å². The minimum absolute atomic E-state index is 0.0626. The van der Waals surface area contributed by atoms with E-state index in [1.54, 1.807) is 0 Å². The minimum Gasteiger partial charge on any atom is -0.394 e. The molecule has 0 aromatic carbocycles. The van der Waals surface area contributed by atoms with E-state index in [2.05, 4.69) is 29.5 Å². The van der Waals surface area contributed by atoms with Crippen molar-refractivity contribution in [1.82, 2.24) is 20.3 Å². The topological polar surface area (TPSA) is 89.3 Å². The molecule has 3 rings (SSSR count). The van der Waals surface area contributed by atoms with E-state index in [0.29, 0.717) is 5.92 Å². The van der Waals surface area contributed by atoms with Crippen LogP contribution in [0.4, 0.5) is 0 Å². The Kier molecular flexibility index (Phi) is 5.50. The van der Waals surface area contributed by atoms with Crippen molar-refractivity contribution < 1.29 is 14.6 Å². The summed E-state index contributed by atoms with van der Waals surface area (Å²) < 4.78 is 7.85. The molecule has 7 nitrogen and oxygen atoms in total. The van der Waals surface area contributed by atoms with Gasteiger partial charge in [0.05, 0.1) is 24.4 Å². The molecule has 1 aliphatic heterocycles. The monoisotopic (exact) mass is 336 g/mol. The van der Waals surface area contributed by atoms with Crippen molar-refractivity contribution in [2.45, 2.75) is 76.7 Å². The van der Waals surface area contributed by atoms with Gasteiger partial charge in [0, 0.05) is 18.7 Å². The number of rotatable bonds is 7. The highest BCUT2D eigenvalue weighted by Crippen LogP contribution is 2.30. The van der Waals surface area contributed by atoms with Gasteiger partial charge < -0.3 is 15.2 Å². The number of aromatic nitrogens is 3. The molecule has 2 fully saturated rings. The Morgan fingerprint density at radius 3 is 2.83 bits per heavy atom. The van der Waals surface area contributed by atoms with Crippen molar-refractivity contribution in [3.8, 4) is 0 Å². The zero-order valence-electron chi connectivity index (χ0n) is 14.5. The predicted molar refractivity (Wildman–Crippen MR) is 88.4 cm³/mol. The third kappa shape index (κ3) is 4.33. The van der Waals surface area contributed by atoms with Gasteiger partial charge in [-0.1, -0.05) is 19.1 Å². The summed E-state index contributed by atoms with van der Waals surface area (Å²) in [6.45, 7) is 4.88. The van der Waals surface area contributed by atoms with Crippen LogP contribution in [0.25, 0.3) is 0 Å². The van der Waals surface area contributed by atoms with E-state index in [-0.39, 0.29) is 36.7 Å². The number of aliphatic hydroxyl groups is 1. The number of hydrogen-bond donors (Lipinski definition) is 2. The Morgan fingerprint density at radius 1 is 1.42 bits per heavy atom. The van der Waals surface area contributed by atoms with Gasteiger partial charge in [-0.25, -0.2) is 0 Å². The Hall–Kier alpha value is -1.47. The SMILES string of the molecule is CC(C)c1cn(CC[C@@H]2CC[C@H](NC(=O)C3CC3)[C@@H](CO)O2)nn1. The third-order valence-electron chi connectivity index (χ3n) is 4.90. The molecule has 134 valence electrons. The third-order valence-corrected chi connectivity index (χ3v) is 4.90. The van der Waals surface area contributed by atoms with Crippen LogP contribution in [0, 0.1) is 5.92 Å². The summed E-state index contributed by atoms with van der Waals surface area (Å²) in [5.74, 6) is 0.674. The lowest BCUT2D eigenvalue weighted by Gasteiger charge is -2.36. The Labute approximate surface area is 142 Å². The molecule has 1 aromatic heterocycles. The number of nitrogens with one attached hydrogen (secondary N) is 1. The first kappa shape index (κ1) is 17.4. The van der Waals surface area contributed by atoms with Gasteiger partial charge >= 0.3 is 0 Å². The fourth-order valence-electron chi connectivity index (χ4n) is 3.12. The Bertz CT molecular complexity index is 556. The number of aryl methyl sites for hydroxylation is 1. The van der Waals surface area contributed by atoms with Crippen LogP contribution in [0.15, 0.2) is 6.20 Å². The molecule has 1 aromatic rings. The van der Waals surface area contributed by atoms with Crippen LogP contribution in [0.1, 0.15) is 57.6 Å². The number of carbonyl (C=O) groups excluding carboxylic acids is 1. The number of nitrogens with zero attached hydrogens (tertiary/aromatic N) is 3. The fourth-order valence-corrected chi connectivity index (χ4v) is 3.12. The molecule has 2 N–H and O–H groups in total. The van der Waals surface area contributed by atoms with E-state index in [1.165, 1.54) is 0 Å². The molecule has 2 aliphatic rings. The molecule has 1 aliphatic carbocycles. The van der Waals surface area contributed by atoms with Gasteiger partial charge in [0.2, 0.25) is 5.91 Å². The predicted octanol–water partition coefficient (Wildman–Crippen LogP) is 1.23. The number of hydrogen-bond acceptors (Lipinski definition) is 5. The lowest BCUT2D eigenvalue weighted by atomic mass is 9.97. The molecule has 24 heavy (non-hydrogen) atoms. The molecule has 0 unspecified atom stereocenters. The van der Waals surface area contributed by atoms with Crippen molar-refractivity contribution in [2.24, 2.45) is 5.92 Å². The van der Waals surface area contributed by atoms with E-state index in [0.717, 1.165) is 44.3 Å². The average Bonchev–Trinajstić information content (AvgIpc) is 3.32. The molecule has 1 saturated heterocycles. The molecule has 2 heterocycles. The summed E-state index contributed by atoms with van der Waals surface area (Å²) in [5, 5.41) is 20.9. The standard InChI is InChI=1S/C17H28N4O3/c1-11(2)15-9-21(20-19-15)8-7-13-5-6-14(16(10-22)24-13)18-17(23)12-3-4-12/h9,11-14,16,22H,3-8,10H2,1-2H3,(H,18,23)/t13-,14-,16+/m0/s1. The summed E-state index contributed by atoms with van der Waals surface area (Å²) in [5.41, 5.74) is 0.996. The smallest absolute Gasteiger partial charge is 0.223 e. The van der Waals surface area contributed by atoms with Gasteiger partial charge in [-0.15, -0.1) is 5.10 Å². The van der Waals surface area contributed by atoms with Gasteiger partial charge in [-0.3, -0.25) is 9.48 Å². The van der Waals surface area contributed by atoms with E-state index < -0.39 is 0 Å². The largest absolute Gasteiger partial charge is 0.394 e. The first-order valence-corrected chi connectivity index (χ1v) is 9.03. The van der Waals surface area contributed by atoms with Crippen LogP contribution >= 0.6 is 0 Å². The molecular weight excluding hydrogens is 308 g/mol. The zero-order valence-corrected chi connectivity index (χ0v) is 14.5. The van der Waals surface area contributed by atoms with Crippen molar-refractivity contribution in [2.75, 3.05) is 6.61 Å². The summed E-state index contributed by atoms with van der Waals surface area (Å²) >= 11 is 0. The van der Waals surface area contributed by atoms with Gasteiger partial charge in [-0.05, 0) is 38.0 Å². The van der Waals surface area contributed by atoms with Crippen molar-refractivity contribution in [1.29, 1.82) is 0 Å². The molecule has 7 heteroatoms. The van der Waals surface area contributed by atoms with Gasteiger partial charge in [0.25, 0.3) is 0 Å². The Morgan fingerprint density at radius 2 is 2.21 bits per heavy atom. The molecular formula is C17H28N4O3. The molecule has 0 radical (unpaired) electrons. The van der Waals surface area contributed by atoms with E-state index in [9.17, 15) is 9.90 Å². The molecule has 0 bridgehead atoms. The first-order chi connectivity index (χ1) is 11.6. The second-order valence-corrected chi connectivity index (χ2v) is 7.30. The normalized spacial score (nSPS) is 27.4. The van der Waals surface area contributed by atoms with E-state index >= 15 is 0 Å². The van der Waals surface area contributed by atoms with Crippen LogP contribution in [0.3, 0.4) is 0 Å². The van der Waals surface area contributed by atoms with Crippen LogP contribution < -0.4 is 5.32 Å². The minimum atomic E-state index is -0.312. The molecule has 3 atom stereocenters. The van der Waals surface area contributed by atoms with Crippen molar-refractivity contribution in [3.63, 3.8) is 0 Å². The first-order valence-electron chi connectivity index (χ1n) is 9.03. The Balaban J connectivity index is 1.46. The highest BCUT2D eigenvalue weighted by molar-refractivity contribution is 5.81. The number of aliphatic hydroxyl groups excluding tert-OH is 1. The number of ether oxygens (including phenoxy) is 1. The summed E-state index contributed by atoms with van der Waals surface area (Å²) in [4.78, 5) is 11.9. The quantitative estimate of drug-likeness (QED) is 0.782. The summed E-state index contributed by atoms with van der Waals surface area (Å²) in [6, 6.07) is -0.0711. The zero-order chi connectivity index (χ0) is 17.1. The van der Waals surface area contributed by atoms with Gasteiger partial charge in [-0.2, -0.15) is 0 Å². The second-order valence-electron chi connectivity index (χ2n) is 7.30. The maximum Gasteiger partial charge on any atom is 0.223 e. The highest BCUT2D eigenvalue weighted by Gasteiger charge is 2.36. The molecule has 1 amide bonds. The number of carbonyl (C=O) groups is 1. The maximum absolute atomic E-state index is 11.9. The summed E-state index contributed by atoms with van der Waals surface area (Å²) in [7, 11) is 0. The van der Waals surface area contributed by atoms with Crippen LogP contribution in [0.2, 0.25) is 0 Å². The molecule has 0 spiro atoms. The average molecular weight is 336 g/mol. The van der Waals surface area contributed by atoms with E-state index in [4.69, 9.17) is 4.74 Å². The number of amides is 1.